The predicted octanol–water partition coefficient (Wildman–Crippen LogP) is 4.99. The third-order valence-electron chi connectivity index (χ3n) is 5.50. The number of hydrogen-bond acceptors (Lipinski definition) is 5. The van der Waals surface area contributed by atoms with Gasteiger partial charge in [0.15, 0.2) is 17.6 Å². The molecule has 2 heterocycles. The molecule has 0 unspecified atom stereocenters. The van der Waals surface area contributed by atoms with Crippen LogP contribution < -0.4 is 10.2 Å². The Kier molecular flexibility index (Phi) is 6.32. The molecule has 0 aliphatic heterocycles. The number of benzene rings is 1. The number of hydrogen-bond donors (Lipinski definition) is 1. The molecule has 1 aliphatic carbocycles. The summed E-state index contributed by atoms with van der Waals surface area (Å²) in [6.07, 6.45) is 5.48. The highest BCUT2D eigenvalue weighted by Gasteiger charge is 2.36. The third kappa shape index (κ3) is 4.61. The van der Waals surface area contributed by atoms with Crippen molar-refractivity contribution in [2.45, 2.75) is 44.7 Å². The normalized spacial score (nSPS) is 14.9. The van der Waals surface area contributed by atoms with E-state index < -0.39 is 11.9 Å². The van der Waals surface area contributed by atoms with Gasteiger partial charge in [0.2, 0.25) is 5.91 Å². The maximum atomic E-state index is 13.5. The molecule has 6 nitrogen and oxygen atoms in total. The number of Topliss-reactive ketones (excluding diaryl/α,β-unsaturated/α-hetero) is 1. The molecular weight excluding hydrogens is 412 g/mol. The van der Waals surface area contributed by atoms with E-state index in [1.807, 2.05) is 17.5 Å². The van der Waals surface area contributed by atoms with E-state index in [-0.39, 0.29) is 23.5 Å². The first-order valence-electron chi connectivity index (χ1n) is 10.4. The second-order valence-electron chi connectivity index (χ2n) is 7.67. The Labute approximate surface area is 184 Å². The van der Waals surface area contributed by atoms with Crippen LogP contribution in [0.2, 0.25) is 0 Å². The fraction of sp³-hybridized carbons (Fsp3) is 0.292. The molecule has 0 saturated heterocycles. The number of thiophene rings is 1. The van der Waals surface area contributed by atoms with Crippen LogP contribution in [-0.4, -0.2) is 23.6 Å². The molecule has 1 aromatic carbocycles. The molecular formula is C24H24N2O4S. The summed E-state index contributed by atoms with van der Waals surface area (Å²) in [5, 5.41) is 5.01. The molecule has 0 spiro atoms. The number of rotatable bonds is 7. The van der Waals surface area contributed by atoms with Crippen LogP contribution in [0.1, 0.15) is 64.4 Å². The van der Waals surface area contributed by atoms with Crippen molar-refractivity contribution in [3.63, 3.8) is 0 Å². The number of carbonyl (C=O) groups is 3. The lowest BCUT2D eigenvalue weighted by molar-refractivity contribution is -0.123. The lowest BCUT2D eigenvalue weighted by atomic mass is 10.1. The van der Waals surface area contributed by atoms with Crippen molar-refractivity contribution in [2.24, 2.45) is 0 Å². The van der Waals surface area contributed by atoms with Crippen molar-refractivity contribution >= 4 is 34.6 Å². The van der Waals surface area contributed by atoms with E-state index in [9.17, 15) is 14.4 Å². The maximum Gasteiger partial charge on any atom is 0.295 e. The summed E-state index contributed by atoms with van der Waals surface area (Å²) in [6, 6.07) is 12.9. The monoisotopic (exact) mass is 436 g/mol. The smallest absolute Gasteiger partial charge is 0.295 e. The average molecular weight is 437 g/mol. The van der Waals surface area contributed by atoms with E-state index in [0.29, 0.717) is 11.3 Å². The molecule has 2 aromatic heterocycles. The number of carbonyl (C=O) groups excluding carboxylic acids is 3. The van der Waals surface area contributed by atoms with Gasteiger partial charge in [-0.25, -0.2) is 0 Å². The number of anilines is 1. The molecule has 1 N–H and O–H groups in total. The summed E-state index contributed by atoms with van der Waals surface area (Å²) in [4.78, 5) is 41.2. The van der Waals surface area contributed by atoms with Gasteiger partial charge in [-0.1, -0.05) is 31.0 Å². The van der Waals surface area contributed by atoms with Crippen LogP contribution in [0.4, 0.5) is 5.69 Å². The van der Waals surface area contributed by atoms with E-state index in [4.69, 9.17) is 4.42 Å². The fourth-order valence-corrected chi connectivity index (χ4v) is 4.76. The standard InChI is InChI=1S/C24H24N2O4S/c1-16(27)17-7-4-10-19(15-17)26(24(29)20-11-5-13-30-20)22(21-12-6-14-31-21)23(28)25-18-8-2-3-9-18/h4-7,10-15,18,22H,2-3,8-9H2,1H3,(H,25,28)/t22-/m0/s1. The highest BCUT2D eigenvalue weighted by Crippen LogP contribution is 2.33. The Morgan fingerprint density at radius 3 is 2.55 bits per heavy atom. The molecule has 2 amide bonds. The lowest BCUT2D eigenvalue weighted by Crippen LogP contribution is -2.46. The molecule has 0 radical (unpaired) electrons. The van der Waals surface area contributed by atoms with E-state index in [0.717, 1.165) is 30.6 Å². The summed E-state index contributed by atoms with van der Waals surface area (Å²) >= 11 is 1.41. The van der Waals surface area contributed by atoms with Crippen molar-refractivity contribution < 1.29 is 18.8 Å². The molecule has 3 aromatic rings. The van der Waals surface area contributed by atoms with Crippen LogP contribution in [0.25, 0.3) is 0 Å². The van der Waals surface area contributed by atoms with Gasteiger partial charge in [-0.2, -0.15) is 0 Å². The van der Waals surface area contributed by atoms with Gasteiger partial charge in [0, 0.05) is 22.2 Å². The minimum absolute atomic E-state index is 0.110. The second kappa shape index (κ2) is 9.31. The largest absolute Gasteiger partial charge is 0.459 e. The van der Waals surface area contributed by atoms with Crippen molar-refractivity contribution in [1.29, 1.82) is 0 Å². The molecule has 160 valence electrons. The summed E-state index contributed by atoms with van der Waals surface area (Å²) < 4.78 is 5.37. The van der Waals surface area contributed by atoms with Gasteiger partial charge < -0.3 is 9.73 Å². The Morgan fingerprint density at radius 2 is 1.90 bits per heavy atom. The van der Waals surface area contributed by atoms with Crippen molar-refractivity contribution in [3.8, 4) is 0 Å². The second-order valence-corrected chi connectivity index (χ2v) is 8.65. The van der Waals surface area contributed by atoms with Gasteiger partial charge in [-0.3, -0.25) is 19.3 Å². The Morgan fingerprint density at radius 1 is 1.10 bits per heavy atom. The zero-order chi connectivity index (χ0) is 21.8. The quantitative estimate of drug-likeness (QED) is 0.529. The van der Waals surface area contributed by atoms with Gasteiger partial charge in [0.25, 0.3) is 5.91 Å². The van der Waals surface area contributed by atoms with Crippen LogP contribution in [0, 0.1) is 0 Å². The van der Waals surface area contributed by atoms with Crippen molar-refractivity contribution in [3.05, 3.63) is 76.4 Å². The molecule has 4 rings (SSSR count). The van der Waals surface area contributed by atoms with Crippen molar-refractivity contribution in [1.82, 2.24) is 5.32 Å². The molecule has 1 aliphatic rings. The summed E-state index contributed by atoms with van der Waals surface area (Å²) in [6.45, 7) is 1.47. The average Bonchev–Trinajstić information content (AvgIpc) is 3.55. The van der Waals surface area contributed by atoms with Crippen molar-refractivity contribution in [2.75, 3.05) is 4.90 Å². The van der Waals surface area contributed by atoms with E-state index in [1.165, 1.54) is 29.4 Å². The highest BCUT2D eigenvalue weighted by atomic mass is 32.1. The van der Waals surface area contributed by atoms with Crippen LogP contribution in [-0.2, 0) is 4.79 Å². The van der Waals surface area contributed by atoms with E-state index >= 15 is 0 Å². The summed E-state index contributed by atoms with van der Waals surface area (Å²) in [7, 11) is 0. The zero-order valence-corrected chi connectivity index (χ0v) is 18.1. The molecule has 0 bridgehead atoms. The van der Waals surface area contributed by atoms with Crippen LogP contribution in [0.15, 0.2) is 64.6 Å². The number of amides is 2. The first-order chi connectivity index (χ1) is 15.0. The first kappa shape index (κ1) is 21.1. The molecule has 1 saturated carbocycles. The fourth-order valence-electron chi connectivity index (χ4n) is 3.95. The van der Waals surface area contributed by atoms with Gasteiger partial charge in [0.05, 0.1) is 6.26 Å². The summed E-state index contributed by atoms with van der Waals surface area (Å²) in [5.41, 5.74) is 0.935. The summed E-state index contributed by atoms with van der Waals surface area (Å²) in [5.74, 6) is -0.660. The third-order valence-corrected chi connectivity index (χ3v) is 6.43. The van der Waals surface area contributed by atoms with Crippen LogP contribution in [0.5, 0.6) is 0 Å². The van der Waals surface area contributed by atoms with Gasteiger partial charge in [-0.05, 0) is 55.5 Å². The lowest BCUT2D eigenvalue weighted by Gasteiger charge is -2.31. The first-order valence-corrected chi connectivity index (χ1v) is 11.2. The Balaban J connectivity index is 1.79. The van der Waals surface area contributed by atoms with Crippen LogP contribution >= 0.6 is 11.3 Å². The number of nitrogens with zero attached hydrogens (tertiary/aromatic N) is 1. The Hall–Kier alpha value is -3.19. The van der Waals surface area contributed by atoms with Gasteiger partial charge in [0.1, 0.15) is 0 Å². The number of ketones is 1. The van der Waals surface area contributed by atoms with Gasteiger partial charge in [-0.15, -0.1) is 11.3 Å². The molecule has 1 fully saturated rings. The molecule has 1 atom stereocenters. The predicted molar refractivity (Wildman–Crippen MR) is 119 cm³/mol. The Bertz CT molecular complexity index is 1050. The van der Waals surface area contributed by atoms with E-state index in [1.54, 1.807) is 36.4 Å². The molecule has 31 heavy (non-hydrogen) atoms. The number of nitrogens with one attached hydrogen (secondary N) is 1. The van der Waals surface area contributed by atoms with Crippen LogP contribution in [0.3, 0.4) is 0 Å². The minimum atomic E-state index is -0.875. The minimum Gasteiger partial charge on any atom is -0.459 e. The SMILES string of the molecule is CC(=O)c1cccc(N(C(=O)c2ccco2)[C@H](C(=O)NC2CCCC2)c2cccs2)c1. The topological polar surface area (TPSA) is 79.6 Å². The van der Waals surface area contributed by atoms with E-state index in [2.05, 4.69) is 5.32 Å². The number of furan rings is 1. The highest BCUT2D eigenvalue weighted by molar-refractivity contribution is 7.10. The van der Waals surface area contributed by atoms with Gasteiger partial charge >= 0.3 is 0 Å². The molecule has 7 heteroatoms. The maximum absolute atomic E-state index is 13.5. The zero-order valence-electron chi connectivity index (χ0n) is 17.2.